The number of rotatable bonds is 3. The molecule has 1 saturated carbocycles. The van der Waals surface area contributed by atoms with Crippen molar-refractivity contribution in [2.24, 2.45) is 5.92 Å². The summed E-state index contributed by atoms with van der Waals surface area (Å²) in [7, 11) is 0. The summed E-state index contributed by atoms with van der Waals surface area (Å²) >= 11 is 0. The van der Waals surface area contributed by atoms with E-state index in [1.807, 2.05) is 20.8 Å². The molecule has 0 aromatic carbocycles. The van der Waals surface area contributed by atoms with Gasteiger partial charge >= 0.3 is 12.1 Å². The van der Waals surface area contributed by atoms with Crippen molar-refractivity contribution in [2.45, 2.75) is 58.1 Å². The SMILES string of the molecule is CC(C)(C)OC(=O)N1CCCC1C(=O)OCC1CC1. The molecule has 108 valence electrons. The maximum absolute atomic E-state index is 12.0. The summed E-state index contributed by atoms with van der Waals surface area (Å²) in [5, 5.41) is 0. The van der Waals surface area contributed by atoms with E-state index in [1.54, 1.807) is 0 Å². The Bertz CT molecular complexity index is 357. The molecule has 0 aromatic heterocycles. The molecule has 2 fully saturated rings. The number of carbonyl (C=O) groups excluding carboxylic acids is 2. The maximum Gasteiger partial charge on any atom is 0.411 e. The molecule has 0 radical (unpaired) electrons. The number of ether oxygens (including phenoxy) is 2. The van der Waals surface area contributed by atoms with Crippen molar-refractivity contribution in [1.82, 2.24) is 4.90 Å². The molecule has 0 spiro atoms. The van der Waals surface area contributed by atoms with Gasteiger partial charge in [0.15, 0.2) is 0 Å². The average Bonchev–Trinajstić information content (AvgIpc) is 2.98. The number of carbonyl (C=O) groups is 2. The van der Waals surface area contributed by atoms with Crippen LogP contribution in [0.5, 0.6) is 0 Å². The van der Waals surface area contributed by atoms with Crippen molar-refractivity contribution >= 4 is 12.1 Å². The Morgan fingerprint density at radius 1 is 1.21 bits per heavy atom. The minimum absolute atomic E-state index is 0.282. The van der Waals surface area contributed by atoms with Crippen LogP contribution in [0.2, 0.25) is 0 Å². The standard InChI is InChI=1S/C14H23NO4/c1-14(2,3)19-13(17)15-8-4-5-11(15)12(16)18-9-10-6-7-10/h10-11H,4-9H2,1-3H3. The largest absolute Gasteiger partial charge is 0.464 e. The third kappa shape index (κ3) is 4.11. The van der Waals surface area contributed by atoms with Gasteiger partial charge in [0.2, 0.25) is 0 Å². The van der Waals surface area contributed by atoms with Crippen LogP contribution in [0.3, 0.4) is 0 Å². The summed E-state index contributed by atoms with van der Waals surface area (Å²) in [6.45, 7) is 6.53. The number of likely N-dealkylation sites (tertiary alicyclic amines) is 1. The minimum atomic E-state index is -0.540. The first-order valence-corrected chi connectivity index (χ1v) is 7.03. The van der Waals surface area contributed by atoms with Crippen molar-refractivity contribution in [1.29, 1.82) is 0 Å². The molecule has 5 nitrogen and oxygen atoms in total. The average molecular weight is 269 g/mol. The summed E-state index contributed by atoms with van der Waals surface area (Å²) in [5.41, 5.74) is -0.540. The van der Waals surface area contributed by atoms with Gasteiger partial charge in [0.05, 0.1) is 6.61 Å². The molecule has 1 atom stereocenters. The lowest BCUT2D eigenvalue weighted by molar-refractivity contribution is -0.149. The van der Waals surface area contributed by atoms with Crippen LogP contribution in [-0.4, -0.2) is 41.8 Å². The van der Waals surface area contributed by atoms with Crippen LogP contribution in [0.15, 0.2) is 0 Å². The Morgan fingerprint density at radius 2 is 1.89 bits per heavy atom. The predicted octanol–water partition coefficient (Wildman–Crippen LogP) is 2.34. The minimum Gasteiger partial charge on any atom is -0.464 e. The van der Waals surface area contributed by atoms with Crippen LogP contribution in [0.1, 0.15) is 46.5 Å². The fraction of sp³-hybridized carbons (Fsp3) is 0.857. The lowest BCUT2D eigenvalue weighted by Crippen LogP contribution is -2.44. The summed E-state index contributed by atoms with van der Waals surface area (Å²) in [4.78, 5) is 25.5. The van der Waals surface area contributed by atoms with E-state index in [0.29, 0.717) is 25.5 Å². The van der Waals surface area contributed by atoms with Crippen molar-refractivity contribution in [2.75, 3.05) is 13.2 Å². The number of amides is 1. The van der Waals surface area contributed by atoms with Crippen molar-refractivity contribution in [3.05, 3.63) is 0 Å². The number of esters is 1. The molecule has 1 heterocycles. The Morgan fingerprint density at radius 3 is 2.47 bits per heavy atom. The molecule has 1 saturated heterocycles. The Kier molecular flexibility index (Phi) is 4.02. The molecular formula is C14H23NO4. The van der Waals surface area contributed by atoms with Gasteiger partial charge in [-0.3, -0.25) is 4.90 Å². The number of nitrogens with zero attached hydrogens (tertiary/aromatic N) is 1. The Labute approximate surface area is 114 Å². The molecule has 0 N–H and O–H groups in total. The van der Waals surface area contributed by atoms with E-state index in [2.05, 4.69) is 0 Å². The van der Waals surface area contributed by atoms with Crippen LogP contribution in [0, 0.1) is 5.92 Å². The molecule has 1 aliphatic carbocycles. The van der Waals surface area contributed by atoms with Crippen LogP contribution in [0.25, 0.3) is 0 Å². The van der Waals surface area contributed by atoms with E-state index in [1.165, 1.54) is 4.90 Å². The molecule has 1 aliphatic heterocycles. The van der Waals surface area contributed by atoms with Gasteiger partial charge in [-0.05, 0) is 52.4 Å². The van der Waals surface area contributed by atoms with Gasteiger partial charge in [0.1, 0.15) is 11.6 Å². The second kappa shape index (κ2) is 5.39. The zero-order valence-electron chi connectivity index (χ0n) is 12.0. The molecule has 0 aromatic rings. The first-order chi connectivity index (χ1) is 8.87. The van der Waals surface area contributed by atoms with Crippen LogP contribution in [-0.2, 0) is 14.3 Å². The summed E-state index contributed by atoms with van der Waals surface area (Å²) in [6, 6.07) is -0.464. The first-order valence-electron chi connectivity index (χ1n) is 7.03. The molecule has 2 aliphatic rings. The zero-order valence-corrected chi connectivity index (χ0v) is 12.0. The highest BCUT2D eigenvalue weighted by atomic mass is 16.6. The van der Waals surface area contributed by atoms with E-state index in [0.717, 1.165) is 19.3 Å². The molecule has 5 heteroatoms. The van der Waals surface area contributed by atoms with Gasteiger partial charge in [0, 0.05) is 6.54 Å². The number of hydrogen-bond donors (Lipinski definition) is 0. The topological polar surface area (TPSA) is 55.8 Å². The lowest BCUT2D eigenvalue weighted by atomic mass is 10.2. The van der Waals surface area contributed by atoms with E-state index in [9.17, 15) is 9.59 Å². The van der Waals surface area contributed by atoms with Gasteiger partial charge in [0.25, 0.3) is 0 Å². The quantitative estimate of drug-likeness (QED) is 0.738. The third-order valence-electron chi connectivity index (χ3n) is 3.31. The lowest BCUT2D eigenvalue weighted by Gasteiger charge is -2.27. The number of hydrogen-bond acceptors (Lipinski definition) is 4. The van der Waals surface area contributed by atoms with Crippen molar-refractivity contribution < 1.29 is 19.1 Å². The van der Waals surface area contributed by atoms with E-state index < -0.39 is 17.7 Å². The molecule has 2 rings (SSSR count). The van der Waals surface area contributed by atoms with Gasteiger partial charge in [-0.15, -0.1) is 0 Å². The fourth-order valence-corrected chi connectivity index (χ4v) is 2.13. The fourth-order valence-electron chi connectivity index (χ4n) is 2.13. The van der Waals surface area contributed by atoms with Gasteiger partial charge in [-0.2, -0.15) is 0 Å². The predicted molar refractivity (Wildman–Crippen MR) is 69.6 cm³/mol. The van der Waals surface area contributed by atoms with Crippen LogP contribution < -0.4 is 0 Å². The maximum atomic E-state index is 12.0. The van der Waals surface area contributed by atoms with Crippen molar-refractivity contribution in [3.8, 4) is 0 Å². The summed E-state index contributed by atoms with van der Waals surface area (Å²) in [6.07, 6.45) is 3.37. The molecule has 0 bridgehead atoms. The van der Waals surface area contributed by atoms with Crippen LogP contribution in [0.4, 0.5) is 4.79 Å². The second-order valence-electron chi connectivity index (χ2n) is 6.41. The monoisotopic (exact) mass is 269 g/mol. The van der Waals surface area contributed by atoms with Gasteiger partial charge in [-0.1, -0.05) is 0 Å². The van der Waals surface area contributed by atoms with E-state index >= 15 is 0 Å². The highest BCUT2D eigenvalue weighted by molar-refractivity contribution is 5.82. The normalized spacial score (nSPS) is 23.3. The summed E-state index contributed by atoms with van der Waals surface area (Å²) < 4.78 is 10.6. The van der Waals surface area contributed by atoms with Gasteiger partial charge in [-0.25, -0.2) is 9.59 Å². The molecule has 19 heavy (non-hydrogen) atoms. The molecule has 1 unspecified atom stereocenters. The van der Waals surface area contributed by atoms with Crippen LogP contribution >= 0.6 is 0 Å². The van der Waals surface area contributed by atoms with Gasteiger partial charge < -0.3 is 9.47 Å². The second-order valence-corrected chi connectivity index (χ2v) is 6.41. The molecular weight excluding hydrogens is 246 g/mol. The molecule has 1 amide bonds. The van der Waals surface area contributed by atoms with E-state index in [4.69, 9.17) is 9.47 Å². The van der Waals surface area contributed by atoms with Crippen molar-refractivity contribution in [3.63, 3.8) is 0 Å². The summed E-state index contributed by atoms with van der Waals surface area (Å²) in [5.74, 6) is 0.260. The first kappa shape index (κ1) is 14.2. The highest BCUT2D eigenvalue weighted by Crippen LogP contribution is 2.29. The third-order valence-corrected chi connectivity index (χ3v) is 3.31. The van der Waals surface area contributed by atoms with E-state index in [-0.39, 0.29) is 5.97 Å². The smallest absolute Gasteiger partial charge is 0.411 e. The Hall–Kier alpha value is -1.26. The highest BCUT2D eigenvalue weighted by Gasteiger charge is 2.38. The zero-order chi connectivity index (χ0) is 14.0. The Balaban J connectivity index is 1.87.